The zero-order chi connectivity index (χ0) is 22.1. The van der Waals surface area contributed by atoms with Crippen molar-refractivity contribution in [3.63, 3.8) is 0 Å². The fourth-order valence-electron chi connectivity index (χ4n) is 3.74. The number of halogens is 1. The molecule has 7 nitrogen and oxygen atoms in total. The lowest BCUT2D eigenvalue weighted by Crippen LogP contribution is -2.31. The monoisotopic (exact) mass is 486 g/mol. The van der Waals surface area contributed by atoms with Crippen LogP contribution in [0.15, 0.2) is 94.9 Å². The molecule has 0 saturated heterocycles. The second kappa shape index (κ2) is 8.39. The normalized spacial score (nSPS) is 15.1. The minimum Gasteiger partial charge on any atom is -0.328 e. The lowest BCUT2D eigenvalue weighted by Gasteiger charge is -2.28. The van der Waals surface area contributed by atoms with Gasteiger partial charge in [-0.05, 0) is 48.9 Å². The summed E-state index contributed by atoms with van der Waals surface area (Å²) < 4.78 is 2.73. The largest absolute Gasteiger partial charge is 0.328 e. The van der Waals surface area contributed by atoms with Gasteiger partial charge < -0.3 is 10.6 Å². The van der Waals surface area contributed by atoms with Crippen molar-refractivity contribution < 1.29 is 4.79 Å². The average Bonchev–Trinajstić information content (AvgIpc) is 3.23. The number of fused-ring (bicyclic) bond motifs is 1. The van der Waals surface area contributed by atoms with Crippen molar-refractivity contribution in [2.45, 2.75) is 13.0 Å². The molecule has 3 heterocycles. The molecule has 0 fully saturated rings. The molecule has 1 aliphatic rings. The molecule has 2 N–H and O–H groups in total. The molecular weight excluding hydrogens is 468 g/mol. The van der Waals surface area contributed by atoms with Crippen LogP contribution in [0, 0.1) is 0 Å². The van der Waals surface area contributed by atoms with E-state index in [0.29, 0.717) is 17.3 Å². The molecule has 4 aromatic rings. The number of hydrogen-bond acceptors (Lipinski definition) is 5. The SMILES string of the molecule is CC1=C(C(=O)Nc2ccccc2)C(c2ccc(Br)cc2)n2nc(-c3ccncc3)nc2N1. The van der Waals surface area contributed by atoms with Crippen molar-refractivity contribution >= 4 is 33.5 Å². The number of carbonyl (C=O) groups excluding carboxylic acids is 1. The molecule has 8 heteroatoms. The van der Waals surface area contributed by atoms with E-state index < -0.39 is 6.04 Å². The molecule has 32 heavy (non-hydrogen) atoms. The molecular formula is C24H19BrN6O. The fourth-order valence-corrected chi connectivity index (χ4v) is 4.01. The second-order valence-corrected chi connectivity index (χ2v) is 8.29. The number of aromatic nitrogens is 4. The van der Waals surface area contributed by atoms with E-state index in [4.69, 9.17) is 5.10 Å². The number of nitrogens with one attached hydrogen (secondary N) is 2. The Morgan fingerprint density at radius 3 is 2.47 bits per heavy atom. The quantitative estimate of drug-likeness (QED) is 0.422. The van der Waals surface area contributed by atoms with Crippen molar-refractivity contribution in [2.75, 3.05) is 10.6 Å². The van der Waals surface area contributed by atoms with Crippen molar-refractivity contribution in [2.24, 2.45) is 0 Å². The smallest absolute Gasteiger partial charge is 0.255 e. The minimum absolute atomic E-state index is 0.194. The van der Waals surface area contributed by atoms with Gasteiger partial charge in [0, 0.05) is 33.8 Å². The third kappa shape index (κ3) is 3.80. The molecule has 2 aromatic carbocycles. The van der Waals surface area contributed by atoms with Crippen molar-refractivity contribution in [3.05, 3.63) is 100 Å². The number of amides is 1. The van der Waals surface area contributed by atoms with Gasteiger partial charge in [-0.1, -0.05) is 46.3 Å². The zero-order valence-corrected chi connectivity index (χ0v) is 18.7. The number of benzene rings is 2. The van der Waals surface area contributed by atoms with Crippen LogP contribution >= 0.6 is 15.9 Å². The standard InChI is InChI=1S/C24H19BrN6O/c1-15-20(23(32)28-19-5-3-2-4-6-19)21(16-7-9-18(25)10-8-16)31-24(27-15)29-22(30-31)17-11-13-26-14-12-17/h2-14,21H,1H3,(H,28,32)(H,27,29,30). The Hall–Kier alpha value is -3.78. The van der Waals surface area contributed by atoms with Crippen LogP contribution in [-0.4, -0.2) is 25.7 Å². The maximum Gasteiger partial charge on any atom is 0.255 e. The third-order valence-electron chi connectivity index (χ3n) is 5.25. The lowest BCUT2D eigenvalue weighted by atomic mass is 9.95. The van der Waals surface area contributed by atoms with Gasteiger partial charge in [-0.15, -0.1) is 5.10 Å². The summed E-state index contributed by atoms with van der Waals surface area (Å²) in [6.07, 6.45) is 3.41. The average molecular weight is 487 g/mol. The number of carbonyl (C=O) groups is 1. The van der Waals surface area contributed by atoms with Crippen LogP contribution < -0.4 is 10.6 Å². The summed E-state index contributed by atoms with van der Waals surface area (Å²) in [5, 5.41) is 11.0. The molecule has 0 saturated carbocycles. The predicted molar refractivity (Wildman–Crippen MR) is 127 cm³/mol. The molecule has 0 aliphatic carbocycles. The first-order valence-corrected chi connectivity index (χ1v) is 10.9. The highest BCUT2D eigenvalue weighted by atomic mass is 79.9. The van der Waals surface area contributed by atoms with Gasteiger partial charge in [0.25, 0.3) is 5.91 Å². The summed E-state index contributed by atoms with van der Waals surface area (Å²) in [6.45, 7) is 1.88. The van der Waals surface area contributed by atoms with E-state index in [0.717, 1.165) is 27.0 Å². The van der Waals surface area contributed by atoms with E-state index in [1.54, 1.807) is 17.1 Å². The van der Waals surface area contributed by atoms with Crippen molar-refractivity contribution in [3.8, 4) is 11.4 Å². The van der Waals surface area contributed by atoms with Gasteiger partial charge in [0.05, 0.1) is 5.57 Å². The number of pyridine rings is 1. The van der Waals surface area contributed by atoms with Crippen LogP contribution in [0.25, 0.3) is 11.4 Å². The summed E-state index contributed by atoms with van der Waals surface area (Å²) in [5.74, 6) is 0.953. The van der Waals surface area contributed by atoms with Gasteiger partial charge in [-0.25, -0.2) is 4.68 Å². The Bertz CT molecular complexity index is 1300. The molecule has 5 rings (SSSR count). The van der Waals surface area contributed by atoms with Crippen LogP contribution in [-0.2, 0) is 4.79 Å². The first-order valence-electron chi connectivity index (χ1n) is 10.1. The van der Waals surface area contributed by atoms with Crippen molar-refractivity contribution in [1.82, 2.24) is 19.7 Å². The predicted octanol–water partition coefficient (Wildman–Crippen LogP) is 5.03. The van der Waals surface area contributed by atoms with Gasteiger partial charge in [-0.3, -0.25) is 9.78 Å². The maximum absolute atomic E-state index is 13.4. The molecule has 1 aliphatic heterocycles. The molecule has 0 radical (unpaired) electrons. The number of rotatable bonds is 4. The van der Waals surface area contributed by atoms with E-state index in [1.165, 1.54) is 0 Å². The molecule has 1 atom stereocenters. The van der Waals surface area contributed by atoms with E-state index in [1.807, 2.05) is 73.7 Å². The summed E-state index contributed by atoms with van der Waals surface area (Å²) in [4.78, 5) is 22.2. The Labute approximate surface area is 193 Å². The van der Waals surface area contributed by atoms with Gasteiger partial charge in [0.1, 0.15) is 6.04 Å². The van der Waals surface area contributed by atoms with E-state index in [-0.39, 0.29) is 5.91 Å². The Morgan fingerprint density at radius 2 is 1.75 bits per heavy atom. The first-order chi connectivity index (χ1) is 15.6. The summed E-state index contributed by atoms with van der Waals surface area (Å²) >= 11 is 3.49. The zero-order valence-electron chi connectivity index (χ0n) is 17.2. The number of nitrogens with zero attached hydrogens (tertiary/aromatic N) is 4. The molecule has 0 spiro atoms. The van der Waals surface area contributed by atoms with Crippen LogP contribution in [0.5, 0.6) is 0 Å². The highest BCUT2D eigenvalue weighted by molar-refractivity contribution is 9.10. The van der Waals surface area contributed by atoms with E-state index in [9.17, 15) is 4.79 Å². The van der Waals surface area contributed by atoms with Crippen LogP contribution in [0.1, 0.15) is 18.5 Å². The van der Waals surface area contributed by atoms with Crippen molar-refractivity contribution in [1.29, 1.82) is 0 Å². The van der Waals surface area contributed by atoms with Crippen LogP contribution in [0.4, 0.5) is 11.6 Å². The Balaban J connectivity index is 1.60. The summed E-state index contributed by atoms with van der Waals surface area (Å²) in [7, 11) is 0. The molecule has 1 amide bonds. The van der Waals surface area contributed by atoms with E-state index >= 15 is 0 Å². The van der Waals surface area contributed by atoms with Gasteiger partial charge in [0.2, 0.25) is 5.95 Å². The second-order valence-electron chi connectivity index (χ2n) is 7.38. The number of allylic oxidation sites excluding steroid dienone is 1. The molecule has 2 aromatic heterocycles. The van der Waals surface area contributed by atoms with Gasteiger partial charge in [-0.2, -0.15) is 4.98 Å². The van der Waals surface area contributed by atoms with E-state index in [2.05, 4.69) is 36.5 Å². The lowest BCUT2D eigenvalue weighted by molar-refractivity contribution is -0.113. The fraction of sp³-hybridized carbons (Fsp3) is 0.0833. The maximum atomic E-state index is 13.4. The van der Waals surface area contributed by atoms with Gasteiger partial charge >= 0.3 is 0 Å². The number of anilines is 2. The van der Waals surface area contributed by atoms with Crippen LogP contribution in [0.2, 0.25) is 0 Å². The summed E-state index contributed by atoms with van der Waals surface area (Å²) in [6, 6.07) is 20.6. The molecule has 1 unspecified atom stereocenters. The Morgan fingerprint density at radius 1 is 1.03 bits per heavy atom. The third-order valence-corrected chi connectivity index (χ3v) is 5.78. The highest BCUT2D eigenvalue weighted by Gasteiger charge is 2.34. The number of para-hydroxylation sites is 1. The van der Waals surface area contributed by atoms with Crippen LogP contribution in [0.3, 0.4) is 0 Å². The number of hydrogen-bond donors (Lipinski definition) is 2. The molecule has 158 valence electrons. The summed E-state index contributed by atoms with van der Waals surface area (Å²) in [5.41, 5.74) is 3.82. The topological polar surface area (TPSA) is 84.7 Å². The minimum atomic E-state index is -0.439. The first kappa shape index (κ1) is 20.1. The molecule has 0 bridgehead atoms. The Kier molecular flexibility index (Phi) is 5.28. The van der Waals surface area contributed by atoms with Gasteiger partial charge in [0.15, 0.2) is 5.82 Å². The highest BCUT2D eigenvalue weighted by Crippen LogP contribution is 2.37.